The number of rotatable bonds is 5. The Labute approximate surface area is 156 Å². The lowest BCUT2D eigenvalue weighted by Crippen LogP contribution is -2.53. The van der Waals surface area contributed by atoms with Crippen LogP contribution in [0, 0.1) is 6.92 Å². The second kappa shape index (κ2) is 9.17. The van der Waals surface area contributed by atoms with Crippen molar-refractivity contribution in [3.8, 4) is 0 Å². The van der Waals surface area contributed by atoms with Gasteiger partial charge in [0.05, 0.1) is 0 Å². The van der Waals surface area contributed by atoms with Crippen LogP contribution in [0.3, 0.4) is 0 Å². The van der Waals surface area contributed by atoms with Crippen molar-refractivity contribution in [1.29, 1.82) is 0 Å². The Morgan fingerprint density at radius 2 is 1.88 bits per heavy atom. The molecule has 0 saturated carbocycles. The molecule has 1 N–H and O–H groups in total. The van der Waals surface area contributed by atoms with E-state index < -0.39 is 0 Å². The number of nitrogens with one attached hydrogen (secondary N) is 1. The summed E-state index contributed by atoms with van der Waals surface area (Å²) in [5.41, 5.74) is 2.65. The van der Waals surface area contributed by atoms with Gasteiger partial charge in [-0.05, 0) is 31.9 Å². The van der Waals surface area contributed by atoms with E-state index in [1.807, 2.05) is 6.07 Å². The maximum atomic E-state index is 4.84. The minimum Gasteiger partial charge on any atom is -0.357 e. The van der Waals surface area contributed by atoms with Gasteiger partial charge in [0, 0.05) is 51.7 Å². The molecule has 1 aromatic heterocycles. The number of hydrogen-bond donors (Lipinski definition) is 1. The monoisotopic (exact) mass is 352 g/mol. The number of aromatic nitrogens is 2. The van der Waals surface area contributed by atoms with Crippen LogP contribution in [-0.2, 0) is 6.42 Å². The van der Waals surface area contributed by atoms with Gasteiger partial charge in [0.2, 0.25) is 5.95 Å². The first-order valence-electron chi connectivity index (χ1n) is 9.37. The van der Waals surface area contributed by atoms with Gasteiger partial charge in [-0.25, -0.2) is 9.97 Å². The third-order valence-corrected chi connectivity index (χ3v) is 4.49. The van der Waals surface area contributed by atoms with Crippen LogP contribution in [0.5, 0.6) is 0 Å². The largest absolute Gasteiger partial charge is 0.357 e. The van der Waals surface area contributed by atoms with Crippen molar-refractivity contribution >= 4 is 11.9 Å². The van der Waals surface area contributed by atoms with Gasteiger partial charge < -0.3 is 15.1 Å². The van der Waals surface area contributed by atoms with E-state index in [9.17, 15) is 0 Å². The normalized spacial score (nSPS) is 15.2. The van der Waals surface area contributed by atoms with E-state index in [0.29, 0.717) is 0 Å². The van der Waals surface area contributed by atoms with E-state index in [1.165, 1.54) is 11.1 Å². The molecule has 6 nitrogen and oxygen atoms in total. The second-order valence-corrected chi connectivity index (χ2v) is 6.50. The minimum absolute atomic E-state index is 0.799. The van der Waals surface area contributed by atoms with Gasteiger partial charge >= 0.3 is 0 Å². The molecular weight excluding hydrogens is 324 g/mol. The summed E-state index contributed by atoms with van der Waals surface area (Å²) in [5.74, 6) is 1.82. The van der Waals surface area contributed by atoms with Gasteiger partial charge in [-0.3, -0.25) is 4.99 Å². The molecule has 2 heterocycles. The lowest BCUT2D eigenvalue weighted by atomic mass is 10.1. The fraction of sp³-hybridized carbons (Fsp3) is 0.450. The summed E-state index contributed by atoms with van der Waals surface area (Å²) in [4.78, 5) is 18.1. The van der Waals surface area contributed by atoms with Crippen molar-refractivity contribution in [2.45, 2.75) is 20.3 Å². The Balaban J connectivity index is 1.56. The summed E-state index contributed by atoms with van der Waals surface area (Å²) in [6, 6.07) is 10.5. The SMILES string of the molecule is CCNC(=NCCc1cccc(C)c1)N1CCN(c2ncccn2)CC1. The average molecular weight is 352 g/mol. The van der Waals surface area contributed by atoms with Gasteiger partial charge in [-0.1, -0.05) is 29.8 Å². The smallest absolute Gasteiger partial charge is 0.225 e. The van der Waals surface area contributed by atoms with Crippen molar-refractivity contribution in [1.82, 2.24) is 20.2 Å². The molecule has 0 atom stereocenters. The molecule has 6 heteroatoms. The van der Waals surface area contributed by atoms with Crippen molar-refractivity contribution in [2.75, 3.05) is 44.2 Å². The van der Waals surface area contributed by atoms with E-state index in [-0.39, 0.29) is 0 Å². The second-order valence-electron chi connectivity index (χ2n) is 6.50. The van der Waals surface area contributed by atoms with Crippen LogP contribution in [-0.4, -0.2) is 60.1 Å². The zero-order chi connectivity index (χ0) is 18.2. The highest BCUT2D eigenvalue weighted by atomic mass is 15.4. The van der Waals surface area contributed by atoms with Crippen LogP contribution in [0.2, 0.25) is 0 Å². The van der Waals surface area contributed by atoms with Crippen LogP contribution in [0.25, 0.3) is 0 Å². The molecule has 0 spiro atoms. The average Bonchev–Trinajstić information content (AvgIpc) is 2.68. The molecule has 0 amide bonds. The van der Waals surface area contributed by atoms with Crippen LogP contribution in [0.1, 0.15) is 18.1 Å². The number of aliphatic imine (C=N–C) groups is 1. The number of guanidine groups is 1. The van der Waals surface area contributed by atoms with Gasteiger partial charge in [0.15, 0.2) is 5.96 Å². The third-order valence-electron chi connectivity index (χ3n) is 4.49. The first kappa shape index (κ1) is 18.2. The van der Waals surface area contributed by atoms with Gasteiger partial charge in [0.1, 0.15) is 0 Å². The number of benzene rings is 1. The molecule has 26 heavy (non-hydrogen) atoms. The highest BCUT2D eigenvalue weighted by molar-refractivity contribution is 5.80. The van der Waals surface area contributed by atoms with E-state index in [2.05, 4.69) is 63.2 Å². The fourth-order valence-electron chi connectivity index (χ4n) is 3.16. The van der Waals surface area contributed by atoms with E-state index >= 15 is 0 Å². The van der Waals surface area contributed by atoms with Crippen LogP contribution in [0.15, 0.2) is 47.7 Å². The summed E-state index contributed by atoms with van der Waals surface area (Å²) >= 11 is 0. The summed E-state index contributed by atoms with van der Waals surface area (Å²) in [7, 11) is 0. The predicted molar refractivity (Wildman–Crippen MR) is 107 cm³/mol. The van der Waals surface area contributed by atoms with E-state index in [4.69, 9.17) is 4.99 Å². The van der Waals surface area contributed by atoms with Crippen LogP contribution >= 0.6 is 0 Å². The molecule has 1 aliphatic rings. The summed E-state index contributed by atoms with van der Waals surface area (Å²) in [5, 5.41) is 3.43. The number of aryl methyl sites for hydroxylation is 1. The van der Waals surface area contributed by atoms with E-state index in [0.717, 1.165) is 57.6 Å². The van der Waals surface area contributed by atoms with Crippen molar-refractivity contribution in [2.24, 2.45) is 4.99 Å². The number of hydrogen-bond acceptors (Lipinski definition) is 4. The zero-order valence-corrected chi connectivity index (χ0v) is 15.7. The first-order valence-corrected chi connectivity index (χ1v) is 9.37. The first-order chi connectivity index (χ1) is 12.8. The Hall–Kier alpha value is -2.63. The summed E-state index contributed by atoms with van der Waals surface area (Å²) in [6.45, 7) is 9.59. The predicted octanol–water partition coefficient (Wildman–Crippen LogP) is 2.12. The Kier molecular flexibility index (Phi) is 6.41. The van der Waals surface area contributed by atoms with Crippen molar-refractivity contribution in [3.63, 3.8) is 0 Å². The molecule has 0 unspecified atom stereocenters. The standard InChI is InChI=1S/C20H28N6/c1-3-21-19(24-11-8-18-7-4-6-17(2)16-18)25-12-14-26(15-13-25)20-22-9-5-10-23-20/h4-7,9-10,16H,3,8,11-15H2,1-2H3,(H,21,24). The molecular formula is C20H28N6. The third kappa shape index (κ3) is 4.94. The van der Waals surface area contributed by atoms with Gasteiger partial charge in [-0.2, -0.15) is 0 Å². The highest BCUT2D eigenvalue weighted by Gasteiger charge is 2.20. The molecule has 1 saturated heterocycles. The maximum absolute atomic E-state index is 4.84. The Bertz CT molecular complexity index is 707. The number of anilines is 1. The van der Waals surface area contributed by atoms with Crippen molar-refractivity contribution in [3.05, 3.63) is 53.9 Å². The molecule has 1 aliphatic heterocycles. The molecule has 138 valence electrons. The minimum atomic E-state index is 0.799. The van der Waals surface area contributed by atoms with Crippen molar-refractivity contribution < 1.29 is 0 Å². The lowest BCUT2D eigenvalue weighted by Gasteiger charge is -2.36. The molecule has 3 rings (SSSR count). The number of piperazine rings is 1. The topological polar surface area (TPSA) is 56.7 Å². The van der Waals surface area contributed by atoms with Gasteiger partial charge in [-0.15, -0.1) is 0 Å². The maximum Gasteiger partial charge on any atom is 0.225 e. The zero-order valence-electron chi connectivity index (χ0n) is 15.7. The Morgan fingerprint density at radius 1 is 1.12 bits per heavy atom. The highest BCUT2D eigenvalue weighted by Crippen LogP contribution is 2.10. The molecule has 0 bridgehead atoms. The molecule has 0 radical (unpaired) electrons. The lowest BCUT2D eigenvalue weighted by molar-refractivity contribution is 0.370. The molecule has 1 aromatic carbocycles. The van der Waals surface area contributed by atoms with E-state index in [1.54, 1.807) is 12.4 Å². The fourth-order valence-corrected chi connectivity index (χ4v) is 3.16. The summed E-state index contributed by atoms with van der Waals surface area (Å²) < 4.78 is 0. The molecule has 0 aliphatic carbocycles. The quantitative estimate of drug-likeness (QED) is 0.660. The summed E-state index contributed by atoms with van der Waals surface area (Å²) in [6.07, 6.45) is 4.56. The van der Waals surface area contributed by atoms with Crippen LogP contribution in [0.4, 0.5) is 5.95 Å². The van der Waals surface area contributed by atoms with Gasteiger partial charge in [0.25, 0.3) is 0 Å². The number of nitrogens with zero attached hydrogens (tertiary/aromatic N) is 5. The molecule has 1 fully saturated rings. The van der Waals surface area contributed by atoms with Crippen LogP contribution < -0.4 is 10.2 Å². The molecule has 2 aromatic rings. The Morgan fingerprint density at radius 3 is 2.58 bits per heavy atom.